The highest BCUT2D eigenvalue weighted by Crippen LogP contribution is 2.26. The van der Waals surface area contributed by atoms with Crippen molar-refractivity contribution in [2.45, 2.75) is 25.2 Å². The molecular formula is C23H24FN3O3S. The summed E-state index contributed by atoms with van der Waals surface area (Å²) in [5.74, 6) is -0.713. The van der Waals surface area contributed by atoms with E-state index in [4.69, 9.17) is 0 Å². The van der Waals surface area contributed by atoms with E-state index in [2.05, 4.69) is 4.98 Å². The van der Waals surface area contributed by atoms with Crippen LogP contribution in [0.4, 0.5) is 4.39 Å². The van der Waals surface area contributed by atoms with E-state index in [-0.39, 0.29) is 37.0 Å². The summed E-state index contributed by atoms with van der Waals surface area (Å²) in [5.41, 5.74) is 3.15. The molecule has 0 unspecified atom stereocenters. The normalized spacial score (nSPS) is 15.4. The molecule has 0 spiro atoms. The lowest BCUT2D eigenvalue weighted by Gasteiger charge is -2.34. The number of halogens is 1. The van der Waals surface area contributed by atoms with E-state index >= 15 is 0 Å². The fourth-order valence-electron chi connectivity index (χ4n) is 4.04. The van der Waals surface area contributed by atoms with Crippen LogP contribution in [0.3, 0.4) is 0 Å². The number of carbonyl (C=O) groups excluding carboxylic acids is 1. The second-order valence-electron chi connectivity index (χ2n) is 7.58. The molecule has 1 saturated heterocycles. The SMILES string of the molecule is CCc1nc2ccccc2c(C(=O)N2CCN(S(=O)(=O)c3cccc(F)c3)CC2)c1C. The molecule has 0 aliphatic carbocycles. The van der Waals surface area contributed by atoms with Crippen LogP contribution in [0.1, 0.15) is 28.5 Å². The summed E-state index contributed by atoms with van der Waals surface area (Å²) in [7, 11) is -3.81. The first-order chi connectivity index (χ1) is 14.8. The van der Waals surface area contributed by atoms with Crippen molar-refractivity contribution in [3.05, 3.63) is 71.2 Å². The van der Waals surface area contributed by atoms with Crippen molar-refractivity contribution >= 4 is 26.8 Å². The maximum atomic E-state index is 13.5. The molecule has 6 nitrogen and oxygen atoms in total. The van der Waals surface area contributed by atoms with Gasteiger partial charge in [-0.15, -0.1) is 0 Å². The Balaban J connectivity index is 1.59. The van der Waals surface area contributed by atoms with E-state index in [1.807, 2.05) is 38.1 Å². The third-order valence-corrected chi connectivity index (χ3v) is 7.64. The molecule has 0 radical (unpaired) electrons. The third-order valence-electron chi connectivity index (χ3n) is 5.75. The van der Waals surface area contributed by atoms with Crippen LogP contribution in [0.2, 0.25) is 0 Å². The number of hydrogen-bond donors (Lipinski definition) is 0. The number of amides is 1. The summed E-state index contributed by atoms with van der Waals surface area (Å²) < 4.78 is 40.5. The molecule has 1 fully saturated rings. The first-order valence-corrected chi connectivity index (χ1v) is 11.7. The maximum Gasteiger partial charge on any atom is 0.254 e. The third kappa shape index (κ3) is 3.93. The summed E-state index contributed by atoms with van der Waals surface area (Å²) in [6.07, 6.45) is 0.719. The highest BCUT2D eigenvalue weighted by atomic mass is 32.2. The molecule has 4 rings (SSSR count). The second kappa shape index (κ2) is 8.36. The minimum Gasteiger partial charge on any atom is -0.336 e. The number of carbonyl (C=O) groups is 1. The Morgan fingerprint density at radius 1 is 1.06 bits per heavy atom. The van der Waals surface area contributed by atoms with E-state index in [0.717, 1.165) is 34.6 Å². The molecule has 1 amide bonds. The van der Waals surface area contributed by atoms with Crippen LogP contribution in [-0.4, -0.2) is 54.7 Å². The van der Waals surface area contributed by atoms with Crippen molar-refractivity contribution < 1.29 is 17.6 Å². The highest BCUT2D eigenvalue weighted by molar-refractivity contribution is 7.89. The largest absolute Gasteiger partial charge is 0.336 e. The number of sulfonamides is 1. The Morgan fingerprint density at radius 3 is 2.45 bits per heavy atom. The molecule has 31 heavy (non-hydrogen) atoms. The lowest BCUT2D eigenvalue weighted by molar-refractivity contribution is 0.0699. The van der Waals surface area contributed by atoms with Crippen molar-refractivity contribution in [2.75, 3.05) is 26.2 Å². The van der Waals surface area contributed by atoms with Gasteiger partial charge in [-0.1, -0.05) is 31.2 Å². The predicted molar refractivity (Wildman–Crippen MR) is 117 cm³/mol. The zero-order chi connectivity index (χ0) is 22.2. The average Bonchev–Trinajstić information content (AvgIpc) is 2.78. The van der Waals surface area contributed by atoms with E-state index in [0.29, 0.717) is 5.56 Å². The number of nitrogens with zero attached hydrogens (tertiary/aromatic N) is 3. The number of aryl methyl sites for hydroxylation is 1. The predicted octanol–water partition coefficient (Wildman–Crippen LogP) is 3.39. The smallest absolute Gasteiger partial charge is 0.254 e. The van der Waals surface area contributed by atoms with Gasteiger partial charge in [-0.3, -0.25) is 9.78 Å². The van der Waals surface area contributed by atoms with Gasteiger partial charge in [0.15, 0.2) is 0 Å². The average molecular weight is 442 g/mol. The fourth-order valence-corrected chi connectivity index (χ4v) is 5.50. The van der Waals surface area contributed by atoms with Crippen molar-refractivity contribution in [1.82, 2.24) is 14.2 Å². The molecule has 1 aromatic heterocycles. The van der Waals surface area contributed by atoms with Gasteiger partial charge >= 0.3 is 0 Å². The topological polar surface area (TPSA) is 70.6 Å². The first kappa shape index (κ1) is 21.4. The molecule has 0 bridgehead atoms. The van der Waals surface area contributed by atoms with Gasteiger partial charge in [0.05, 0.1) is 16.0 Å². The fraction of sp³-hybridized carbons (Fsp3) is 0.304. The van der Waals surface area contributed by atoms with Gasteiger partial charge in [-0.25, -0.2) is 12.8 Å². The van der Waals surface area contributed by atoms with Crippen molar-refractivity contribution in [1.29, 1.82) is 0 Å². The molecular weight excluding hydrogens is 417 g/mol. The lowest BCUT2D eigenvalue weighted by atomic mass is 9.99. The minimum absolute atomic E-state index is 0.0733. The van der Waals surface area contributed by atoms with Gasteiger partial charge in [0.25, 0.3) is 5.91 Å². The monoisotopic (exact) mass is 441 g/mol. The van der Waals surface area contributed by atoms with Crippen molar-refractivity contribution in [3.63, 3.8) is 0 Å². The van der Waals surface area contributed by atoms with Gasteiger partial charge in [0, 0.05) is 37.3 Å². The molecule has 0 atom stereocenters. The summed E-state index contributed by atoms with van der Waals surface area (Å²) in [6.45, 7) is 4.78. The lowest BCUT2D eigenvalue weighted by Crippen LogP contribution is -2.50. The maximum absolute atomic E-state index is 13.5. The van der Waals surface area contributed by atoms with Crippen molar-refractivity contribution in [2.24, 2.45) is 0 Å². The number of para-hydroxylation sites is 1. The van der Waals surface area contributed by atoms with Crippen LogP contribution in [-0.2, 0) is 16.4 Å². The quantitative estimate of drug-likeness (QED) is 0.622. The molecule has 3 aromatic rings. The number of benzene rings is 2. The van der Waals surface area contributed by atoms with Gasteiger partial charge in [0.2, 0.25) is 10.0 Å². The van der Waals surface area contributed by atoms with Crippen LogP contribution in [0.25, 0.3) is 10.9 Å². The molecule has 1 aliphatic heterocycles. The Kier molecular flexibility index (Phi) is 5.77. The van der Waals surface area contributed by atoms with E-state index < -0.39 is 15.8 Å². The number of piperazine rings is 1. The number of hydrogen-bond acceptors (Lipinski definition) is 4. The second-order valence-corrected chi connectivity index (χ2v) is 9.52. The van der Waals surface area contributed by atoms with Crippen LogP contribution < -0.4 is 0 Å². The van der Waals surface area contributed by atoms with Gasteiger partial charge < -0.3 is 4.90 Å². The summed E-state index contributed by atoms with van der Waals surface area (Å²) in [4.78, 5) is 19.7. The summed E-state index contributed by atoms with van der Waals surface area (Å²) in [5, 5.41) is 0.803. The number of fused-ring (bicyclic) bond motifs is 1. The van der Waals surface area contributed by atoms with Gasteiger partial charge in [-0.2, -0.15) is 4.31 Å². The Bertz CT molecular complexity index is 1250. The summed E-state index contributed by atoms with van der Waals surface area (Å²) >= 11 is 0. The standard InChI is InChI=1S/C23H24FN3O3S/c1-3-20-16(2)22(19-9-4-5-10-21(19)25-20)23(28)26-11-13-27(14-12-26)31(29,30)18-8-6-7-17(24)15-18/h4-10,15H,3,11-14H2,1-2H3. The molecule has 2 heterocycles. The highest BCUT2D eigenvalue weighted by Gasteiger charge is 2.32. The van der Waals surface area contributed by atoms with E-state index in [1.165, 1.54) is 22.5 Å². The molecule has 8 heteroatoms. The first-order valence-electron chi connectivity index (χ1n) is 10.3. The number of aromatic nitrogens is 1. The summed E-state index contributed by atoms with van der Waals surface area (Å²) in [6, 6.07) is 12.6. The zero-order valence-electron chi connectivity index (χ0n) is 17.5. The molecule has 1 aliphatic rings. The van der Waals surface area contributed by atoms with Crippen LogP contribution in [0.5, 0.6) is 0 Å². The Morgan fingerprint density at radius 2 is 1.77 bits per heavy atom. The van der Waals surface area contributed by atoms with Gasteiger partial charge in [-0.05, 0) is 43.2 Å². The van der Waals surface area contributed by atoms with Crippen LogP contribution in [0, 0.1) is 12.7 Å². The number of rotatable bonds is 4. The van der Waals surface area contributed by atoms with E-state index in [9.17, 15) is 17.6 Å². The van der Waals surface area contributed by atoms with Crippen LogP contribution >= 0.6 is 0 Å². The Hall–Kier alpha value is -2.84. The van der Waals surface area contributed by atoms with Gasteiger partial charge in [0.1, 0.15) is 5.82 Å². The zero-order valence-corrected chi connectivity index (χ0v) is 18.3. The molecule has 2 aromatic carbocycles. The molecule has 0 N–H and O–H groups in total. The van der Waals surface area contributed by atoms with Crippen LogP contribution in [0.15, 0.2) is 53.4 Å². The van der Waals surface area contributed by atoms with E-state index in [1.54, 1.807) is 4.90 Å². The van der Waals surface area contributed by atoms with Crippen molar-refractivity contribution in [3.8, 4) is 0 Å². The number of pyridine rings is 1. The molecule has 162 valence electrons. The Labute approximate surface area is 181 Å². The molecule has 0 saturated carbocycles. The minimum atomic E-state index is -3.81.